The summed E-state index contributed by atoms with van der Waals surface area (Å²) in [6.07, 6.45) is 2.61. The number of aliphatic imine (C=N–C) groups is 1. The molecule has 7 heteroatoms. The van der Waals surface area contributed by atoms with Gasteiger partial charge in [0.15, 0.2) is 11.7 Å². The maximum Gasteiger partial charge on any atom is 0.188 e. The average molecular weight is 399 g/mol. The van der Waals surface area contributed by atoms with Gasteiger partial charge in [-0.3, -0.25) is 4.99 Å². The van der Waals surface area contributed by atoms with Crippen LogP contribution in [0.5, 0.6) is 0 Å². The van der Waals surface area contributed by atoms with Crippen LogP contribution in [0.25, 0.3) is 0 Å². The fourth-order valence-corrected chi connectivity index (χ4v) is 2.25. The Balaban J connectivity index is 0.00000200. The van der Waals surface area contributed by atoms with Gasteiger partial charge >= 0.3 is 0 Å². The molecule has 2 unspecified atom stereocenters. The van der Waals surface area contributed by atoms with Gasteiger partial charge in [0.2, 0.25) is 0 Å². The molecule has 118 valence electrons. The first-order valence-electron chi connectivity index (χ1n) is 7.09. The summed E-state index contributed by atoms with van der Waals surface area (Å²) in [5.74, 6) is 0.0445. The number of nitrogens with zero attached hydrogens (tertiary/aromatic N) is 1. The maximum atomic E-state index is 5.98. The highest BCUT2D eigenvalue weighted by atomic mass is 127. The van der Waals surface area contributed by atoms with E-state index in [2.05, 4.69) is 24.2 Å². The first-order valence-corrected chi connectivity index (χ1v) is 7.09. The van der Waals surface area contributed by atoms with Crippen LogP contribution in [-0.4, -0.2) is 50.3 Å². The second-order valence-corrected chi connectivity index (χ2v) is 5.25. The minimum atomic E-state index is -0.433. The van der Waals surface area contributed by atoms with E-state index in [1.165, 1.54) is 0 Å². The van der Waals surface area contributed by atoms with Crippen LogP contribution < -0.4 is 11.1 Å². The zero-order valence-electron chi connectivity index (χ0n) is 12.3. The number of rotatable bonds is 4. The fraction of sp³-hybridized carbons (Fsp3) is 0.923. The quantitative estimate of drug-likeness (QED) is 0.423. The molecule has 2 atom stereocenters. The minimum absolute atomic E-state index is 0. The highest BCUT2D eigenvalue weighted by Gasteiger charge is 2.42. The van der Waals surface area contributed by atoms with Gasteiger partial charge in [-0.05, 0) is 13.3 Å². The van der Waals surface area contributed by atoms with E-state index >= 15 is 0 Å². The second kappa shape index (κ2) is 8.35. The van der Waals surface area contributed by atoms with Gasteiger partial charge in [0, 0.05) is 18.9 Å². The molecule has 2 rings (SSSR count). The van der Waals surface area contributed by atoms with Gasteiger partial charge in [-0.25, -0.2) is 0 Å². The average Bonchev–Trinajstić information content (AvgIpc) is 2.80. The molecular weight excluding hydrogens is 373 g/mol. The van der Waals surface area contributed by atoms with Gasteiger partial charge in [0.25, 0.3) is 0 Å². The lowest BCUT2D eigenvalue weighted by atomic mass is 10.1. The van der Waals surface area contributed by atoms with Crippen molar-refractivity contribution in [1.29, 1.82) is 0 Å². The molecule has 0 aromatic rings. The third-order valence-electron chi connectivity index (χ3n) is 3.64. The summed E-state index contributed by atoms with van der Waals surface area (Å²) < 4.78 is 17.1. The van der Waals surface area contributed by atoms with Crippen molar-refractivity contribution in [1.82, 2.24) is 5.32 Å². The predicted octanol–water partition coefficient (Wildman–Crippen LogP) is 1.23. The lowest BCUT2D eigenvalue weighted by Gasteiger charge is -2.31. The molecule has 0 radical (unpaired) electrons. The number of nitrogens with one attached hydrogen (secondary N) is 1. The molecule has 0 aromatic carbocycles. The highest BCUT2D eigenvalue weighted by molar-refractivity contribution is 14.0. The molecular formula is C13H26IN3O3. The molecule has 0 aromatic heterocycles. The standard InChI is InChI=1S/C13H25N3O3.HI/c1-3-10(2)16-12(14)15-8-11-9-18-13(19-11)4-6-17-7-5-13;/h10-11H,3-9H2,1-2H3,(H3,14,15,16);1H. The van der Waals surface area contributed by atoms with Crippen molar-refractivity contribution in [3.8, 4) is 0 Å². The summed E-state index contributed by atoms with van der Waals surface area (Å²) in [4.78, 5) is 4.32. The van der Waals surface area contributed by atoms with Crippen LogP contribution in [0.1, 0.15) is 33.1 Å². The van der Waals surface area contributed by atoms with Crippen LogP contribution in [0.15, 0.2) is 4.99 Å². The summed E-state index contributed by atoms with van der Waals surface area (Å²) >= 11 is 0. The molecule has 0 bridgehead atoms. The summed E-state index contributed by atoms with van der Waals surface area (Å²) in [5.41, 5.74) is 5.82. The van der Waals surface area contributed by atoms with E-state index in [9.17, 15) is 0 Å². The van der Waals surface area contributed by atoms with E-state index in [0.717, 1.165) is 19.3 Å². The van der Waals surface area contributed by atoms with Crippen LogP contribution in [0.4, 0.5) is 0 Å². The summed E-state index contributed by atoms with van der Waals surface area (Å²) in [6, 6.07) is 0.339. The van der Waals surface area contributed by atoms with E-state index in [4.69, 9.17) is 19.9 Å². The van der Waals surface area contributed by atoms with Crippen LogP contribution in [0.2, 0.25) is 0 Å². The van der Waals surface area contributed by atoms with Crippen molar-refractivity contribution in [2.75, 3.05) is 26.4 Å². The Morgan fingerprint density at radius 2 is 2.15 bits per heavy atom. The summed E-state index contributed by atoms with van der Waals surface area (Å²) in [7, 11) is 0. The van der Waals surface area contributed by atoms with Crippen LogP contribution in [0.3, 0.4) is 0 Å². The van der Waals surface area contributed by atoms with Gasteiger partial charge < -0.3 is 25.3 Å². The fourth-order valence-electron chi connectivity index (χ4n) is 2.25. The molecule has 3 N–H and O–H groups in total. The van der Waals surface area contributed by atoms with Crippen LogP contribution >= 0.6 is 24.0 Å². The normalized spacial score (nSPS) is 27.1. The van der Waals surface area contributed by atoms with Gasteiger partial charge in [-0.2, -0.15) is 0 Å². The van der Waals surface area contributed by atoms with Gasteiger partial charge in [0.1, 0.15) is 6.10 Å². The van der Waals surface area contributed by atoms with Crippen molar-refractivity contribution in [2.45, 2.75) is 51.0 Å². The van der Waals surface area contributed by atoms with Crippen molar-refractivity contribution >= 4 is 29.9 Å². The lowest BCUT2D eigenvalue weighted by Crippen LogP contribution is -2.39. The molecule has 6 nitrogen and oxygen atoms in total. The first-order chi connectivity index (χ1) is 9.13. The Morgan fingerprint density at radius 3 is 2.80 bits per heavy atom. The van der Waals surface area contributed by atoms with E-state index in [1.54, 1.807) is 0 Å². The molecule has 1 spiro atoms. The maximum absolute atomic E-state index is 5.98. The van der Waals surface area contributed by atoms with Gasteiger partial charge in [-0.1, -0.05) is 6.92 Å². The summed E-state index contributed by atoms with van der Waals surface area (Å²) in [5, 5.41) is 3.14. The predicted molar refractivity (Wildman–Crippen MR) is 88.4 cm³/mol. The van der Waals surface area contributed by atoms with Crippen LogP contribution in [0, 0.1) is 0 Å². The van der Waals surface area contributed by atoms with E-state index in [-0.39, 0.29) is 30.1 Å². The zero-order chi connectivity index (χ0) is 13.7. The zero-order valence-corrected chi connectivity index (χ0v) is 14.6. The number of hydrogen-bond acceptors (Lipinski definition) is 4. The Labute approximate surface area is 137 Å². The Bertz CT molecular complexity index is 322. The molecule has 0 saturated carbocycles. The van der Waals surface area contributed by atoms with Crippen molar-refractivity contribution < 1.29 is 14.2 Å². The van der Waals surface area contributed by atoms with Crippen LogP contribution in [-0.2, 0) is 14.2 Å². The third kappa shape index (κ3) is 5.01. The Hall–Kier alpha value is -0.120. The minimum Gasteiger partial charge on any atom is -0.381 e. The van der Waals surface area contributed by atoms with Gasteiger partial charge in [0.05, 0.1) is 26.4 Å². The van der Waals surface area contributed by atoms with Gasteiger partial charge in [-0.15, -0.1) is 24.0 Å². The SMILES string of the molecule is CCC(C)NC(N)=NCC1COC2(CCOCC2)O1.I. The third-order valence-corrected chi connectivity index (χ3v) is 3.64. The molecule has 2 saturated heterocycles. The lowest BCUT2D eigenvalue weighted by molar-refractivity contribution is -0.210. The van der Waals surface area contributed by atoms with E-state index in [1.807, 2.05) is 0 Å². The smallest absolute Gasteiger partial charge is 0.188 e. The molecule has 20 heavy (non-hydrogen) atoms. The molecule has 2 aliphatic heterocycles. The Kier molecular flexibility index (Phi) is 7.49. The molecule has 0 aliphatic carbocycles. The molecule has 2 fully saturated rings. The number of nitrogens with two attached hydrogens (primary N) is 1. The number of ether oxygens (including phenoxy) is 3. The summed E-state index contributed by atoms with van der Waals surface area (Å²) in [6.45, 7) is 6.71. The molecule has 2 heterocycles. The number of halogens is 1. The van der Waals surface area contributed by atoms with Crippen molar-refractivity contribution in [2.24, 2.45) is 10.7 Å². The van der Waals surface area contributed by atoms with Crippen molar-refractivity contribution in [3.63, 3.8) is 0 Å². The highest BCUT2D eigenvalue weighted by Crippen LogP contribution is 2.33. The topological polar surface area (TPSA) is 78.1 Å². The first kappa shape index (κ1) is 17.9. The number of hydrogen-bond donors (Lipinski definition) is 2. The monoisotopic (exact) mass is 399 g/mol. The molecule has 0 amide bonds. The Morgan fingerprint density at radius 1 is 1.45 bits per heavy atom. The largest absolute Gasteiger partial charge is 0.381 e. The van der Waals surface area contributed by atoms with E-state index in [0.29, 0.717) is 38.4 Å². The second-order valence-electron chi connectivity index (χ2n) is 5.25. The van der Waals surface area contributed by atoms with Crippen molar-refractivity contribution in [3.05, 3.63) is 0 Å². The van der Waals surface area contributed by atoms with E-state index < -0.39 is 5.79 Å². The number of guanidine groups is 1. The molecule has 2 aliphatic rings.